The average molecular weight is 352 g/mol. The molecule has 3 amide bonds. The summed E-state index contributed by atoms with van der Waals surface area (Å²) in [5, 5.41) is 2.66. The molecule has 0 spiro atoms. The van der Waals surface area contributed by atoms with Crippen molar-refractivity contribution in [3.63, 3.8) is 0 Å². The van der Waals surface area contributed by atoms with Gasteiger partial charge in [-0.2, -0.15) is 0 Å². The zero-order chi connectivity index (χ0) is 18.7. The van der Waals surface area contributed by atoms with Crippen LogP contribution >= 0.6 is 0 Å². The highest BCUT2D eigenvalue weighted by molar-refractivity contribution is 6.08. The number of benzene rings is 2. The number of nitrogens with zero attached hydrogens (tertiary/aromatic N) is 1. The lowest BCUT2D eigenvalue weighted by Crippen LogP contribution is -2.41. The van der Waals surface area contributed by atoms with Crippen LogP contribution in [0.25, 0.3) is 0 Å². The molecule has 3 rings (SSSR count). The lowest BCUT2D eigenvalue weighted by molar-refractivity contribution is -0.148. The minimum absolute atomic E-state index is 0.102. The quantitative estimate of drug-likeness (QED) is 0.663. The van der Waals surface area contributed by atoms with Gasteiger partial charge >= 0.3 is 12.0 Å². The molecule has 134 valence electrons. The monoisotopic (exact) mass is 352 g/mol. The number of hydrogen-bond donors (Lipinski definition) is 1. The summed E-state index contributed by atoms with van der Waals surface area (Å²) in [5.41, 5.74) is 1.36. The summed E-state index contributed by atoms with van der Waals surface area (Å²) in [6.45, 7) is 3.23. The van der Waals surface area contributed by atoms with Gasteiger partial charge in [-0.25, -0.2) is 4.79 Å². The number of imide groups is 1. The van der Waals surface area contributed by atoms with Crippen molar-refractivity contribution in [2.24, 2.45) is 0 Å². The van der Waals surface area contributed by atoms with Crippen molar-refractivity contribution in [2.75, 3.05) is 6.54 Å². The molecule has 26 heavy (non-hydrogen) atoms. The SMILES string of the molecule is Cc1ccccc1COC(=O)CN1C(=O)N[C@@](C)(c2ccccc2)C1=O. The van der Waals surface area contributed by atoms with E-state index in [1.54, 1.807) is 31.2 Å². The van der Waals surface area contributed by atoms with Crippen molar-refractivity contribution >= 4 is 17.9 Å². The Labute approximate surface area is 151 Å². The second-order valence-electron chi connectivity index (χ2n) is 6.40. The van der Waals surface area contributed by atoms with E-state index in [4.69, 9.17) is 4.74 Å². The van der Waals surface area contributed by atoms with Crippen LogP contribution in [-0.4, -0.2) is 29.4 Å². The van der Waals surface area contributed by atoms with E-state index in [9.17, 15) is 14.4 Å². The lowest BCUT2D eigenvalue weighted by Gasteiger charge is -2.21. The molecule has 1 N–H and O–H groups in total. The third kappa shape index (κ3) is 3.31. The zero-order valence-corrected chi connectivity index (χ0v) is 14.7. The van der Waals surface area contributed by atoms with E-state index in [1.807, 2.05) is 37.3 Å². The second kappa shape index (κ2) is 7.00. The van der Waals surface area contributed by atoms with E-state index in [1.165, 1.54) is 0 Å². The van der Waals surface area contributed by atoms with Crippen molar-refractivity contribution in [3.8, 4) is 0 Å². The number of carbonyl (C=O) groups excluding carboxylic acids is 3. The van der Waals surface area contributed by atoms with E-state index < -0.39 is 30.0 Å². The number of carbonyl (C=O) groups is 3. The van der Waals surface area contributed by atoms with Gasteiger partial charge in [0.2, 0.25) is 0 Å². The molecule has 1 aliphatic rings. The molecule has 0 aliphatic carbocycles. The number of amides is 3. The highest BCUT2D eigenvalue weighted by atomic mass is 16.5. The molecule has 6 nitrogen and oxygen atoms in total. The van der Waals surface area contributed by atoms with Gasteiger partial charge in [0, 0.05) is 0 Å². The molecule has 1 heterocycles. The Hall–Kier alpha value is -3.15. The van der Waals surface area contributed by atoms with Crippen LogP contribution in [0.3, 0.4) is 0 Å². The van der Waals surface area contributed by atoms with Crippen molar-refractivity contribution in [1.29, 1.82) is 0 Å². The molecule has 1 saturated heterocycles. The minimum Gasteiger partial charge on any atom is -0.459 e. The van der Waals surface area contributed by atoms with Gasteiger partial charge in [0.25, 0.3) is 5.91 Å². The van der Waals surface area contributed by atoms with Crippen molar-refractivity contribution in [2.45, 2.75) is 26.0 Å². The third-order valence-corrected chi connectivity index (χ3v) is 4.56. The van der Waals surface area contributed by atoms with E-state index in [-0.39, 0.29) is 6.61 Å². The number of hydrogen-bond acceptors (Lipinski definition) is 4. The fourth-order valence-corrected chi connectivity index (χ4v) is 2.91. The first-order valence-electron chi connectivity index (χ1n) is 8.31. The van der Waals surface area contributed by atoms with Crippen LogP contribution in [0.1, 0.15) is 23.6 Å². The molecule has 1 fully saturated rings. The highest BCUT2D eigenvalue weighted by Gasteiger charge is 2.49. The Morgan fingerprint density at radius 3 is 2.42 bits per heavy atom. The minimum atomic E-state index is -1.19. The largest absolute Gasteiger partial charge is 0.459 e. The second-order valence-corrected chi connectivity index (χ2v) is 6.40. The van der Waals surface area contributed by atoms with E-state index in [2.05, 4.69) is 5.32 Å². The highest BCUT2D eigenvalue weighted by Crippen LogP contribution is 2.28. The summed E-state index contributed by atoms with van der Waals surface area (Å²) in [7, 11) is 0. The molecule has 1 aliphatic heterocycles. The summed E-state index contributed by atoms with van der Waals surface area (Å²) in [5.74, 6) is -1.10. The Bertz CT molecular complexity index is 850. The van der Waals surface area contributed by atoms with Crippen molar-refractivity contribution in [1.82, 2.24) is 10.2 Å². The number of aryl methyl sites for hydroxylation is 1. The zero-order valence-electron chi connectivity index (χ0n) is 14.7. The van der Waals surface area contributed by atoms with Crippen LogP contribution < -0.4 is 5.32 Å². The predicted molar refractivity (Wildman–Crippen MR) is 95.0 cm³/mol. The first kappa shape index (κ1) is 17.7. The Morgan fingerprint density at radius 1 is 1.08 bits per heavy atom. The van der Waals surface area contributed by atoms with Crippen molar-refractivity contribution < 1.29 is 19.1 Å². The van der Waals surface area contributed by atoms with Gasteiger partial charge in [-0.05, 0) is 30.5 Å². The van der Waals surface area contributed by atoms with Gasteiger partial charge in [-0.3, -0.25) is 14.5 Å². The van der Waals surface area contributed by atoms with Gasteiger partial charge in [0.15, 0.2) is 0 Å². The van der Waals surface area contributed by atoms with Crippen LogP contribution in [0.2, 0.25) is 0 Å². The molecule has 0 radical (unpaired) electrons. The van der Waals surface area contributed by atoms with Gasteiger partial charge in [-0.15, -0.1) is 0 Å². The summed E-state index contributed by atoms with van der Waals surface area (Å²) in [4.78, 5) is 38.0. The average Bonchev–Trinajstić information content (AvgIpc) is 2.86. The normalized spacial score (nSPS) is 19.4. The van der Waals surface area contributed by atoms with E-state index >= 15 is 0 Å². The van der Waals surface area contributed by atoms with E-state index in [0.29, 0.717) is 5.56 Å². The molecule has 6 heteroatoms. The molecule has 0 aromatic heterocycles. The van der Waals surface area contributed by atoms with Crippen LogP contribution in [0.15, 0.2) is 54.6 Å². The third-order valence-electron chi connectivity index (χ3n) is 4.56. The van der Waals surface area contributed by atoms with Crippen molar-refractivity contribution in [3.05, 3.63) is 71.3 Å². The van der Waals surface area contributed by atoms with Crippen LogP contribution in [0.5, 0.6) is 0 Å². The molecular formula is C20H20N2O4. The topological polar surface area (TPSA) is 75.7 Å². The smallest absolute Gasteiger partial charge is 0.326 e. The van der Waals surface area contributed by atoms with Crippen LogP contribution in [0, 0.1) is 6.92 Å². The lowest BCUT2D eigenvalue weighted by atomic mass is 9.92. The van der Waals surface area contributed by atoms with Gasteiger partial charge in [0.1, 0.15) is 18.7 Å². The molecule has 2 aromatic rings. The Kier molecular flexibility index (Phi) is 4.75. The van der Waals surface area contributed by atoms with Gasteiger partial charge < -0.3 is 10.1 Å². The standard InChI is InChI=1S/C20H20N2O4/c1-14-8-6-7-9-15(14)13-26-17(23)12-22-18(24)20(2,21-19(22)25)16-10-4-3-5-11-16/h3-11H,12-13H2,1-2H3,(H,21,25)/t20-/m0/s1. The fraction of sp³-hybridized carbons (Fsp3) is 0.250. The first-order chi connectivity index (χ1) is 12.4. The van der Waals surface area contributed by atoms with Gasteiger partial charge in [-0.1, -0.05) is 54.6 Å². The fourth-order valence-electron chi connectivity index (χ4n) is 2.91. The van der Waals surface area contributed by atoms with Gasteiger partial charge in [0.05, 0.1) is 0 Å². The van der Waals surface area contributed by atoms with Crippen LogP contribution in [0.4, 0.5) is 4.79 Å². The summed E-state index contributed by atoms with van der Waals surface area (Å²) in [6.07, 6.45) is 0. The first-order valence-corrected chi connectivity index (χ1v) is 8.31. The van der Waals surface area contributed by atoms with E-state index in [0.717, 1.165) is 16.0 Å². The maximum atomic E-state index is 12.7. The summed E-state index contributed by atoms with van der Waals surface area (Å²) in [6, 6.07) is 15.9. The number of esters is 1. The number of rotatable bonds is 5. The molecule has 0 unspecified atom stereocenters. The molecule has 1 atom stereocenters. The molecule has 0 bridgehead atoms. The maximum Gasteiger partial charge on any atom is 0.326 e. The predicted octanol–water partition coefficient (Wildman–Crippen LogP) is 2.51. The molecular weight excluding hydrogens is 332 g/mol. The summed E-state index contributed by atoms with van der Waals surface area (Å²) >= 11 is 0. The Morgan fingerprint density at radius 2 is 1.73 bits per heavy atom. The molecule has 0 saturated carbocycles. The maximum absolute atomic E-state index is 12.7. The number of urea groups is 1. The summed E-state index contributed by atoms with van der Waals surface area (Å²) < 4.78 is 5.23. The van der Waals surface area contributed by atoms with Crippen LogP contribution in [-0.2, 0) is 26.5 Å². The number of ether oxygens (including phenoxy) is 1. The number of nitrogens with one attached hydrogen (secondary N) is 1. The Balaban J connectivity index is 1.66. The molecule has 2 aromatic carbocycles.